The normalized spacial score (nSPS) is 12.1. The number of hydrogen-bond donors (Lipinski definition) is 0. The molecule has 0 bridgehead atoms. The molecule has 48 heavy (non-hydrogen) atoms. The summed E-state index contributed by atoms with van der Waals surface area (Å²) in [6.45, 7) is 7.78. The number of rotatable bonds is 39. The summed E-state index contributed by atoms with van der Waals surface area (Å²) in [7, 11) is 0. The van der Waals surface area contributed by atoms with Crippen molar-refractivity contribution in [2.45, 2.75) is 232 Å². The molecular weight excluding hydrogens is 596 g/mol. The van der Waals surface area contributed by atoms with Crippen molar-refractivity contribution in [3.63, 3.8) is 0 Å². The standard InChI is InChI=1S/C43H82O5/c1-4-7-10-13-16-19-21-23-26-29-32-35-38-46-39-41(48-43(45)37-34-31-28-24-18-15-12-9-6-3)40-47-42(44)36-33-30-27-25-22-20-17-14-11-8-5-2/h13,16,41H,4-12,14-15,17-40H2,1-3H3/b16-13-. The lowest BCUT2D eigenvalue weighted by atomic mass is 10.1. The minimum Gasteiger partial charge on any atom is -0.462 e. The van der Waals surface area contributed by atoms with E-state index in [1.54, 1.807) is 0 Å². The first-order chi connectivity index (χ1) is 23.6. The van der Waals surface area contributed by atoms with Crippen LogP contribution in [-0.2, 0) is 23.8 Å². The molecule has 0 aromatic carbocycles. The molecule has 0 N–H and O–H groups in total. The number of esters is 2. The van der Waals surface area contributed by atoms with Gasteiger partial charge in [0.2, 0.25) is 0 Å². The van der Waals surface area contributed by atoms with Crippen LogP contribution in [0, 0.1) is 0 Å². The molecule has 0 saturated heterocycles. The van der Waals surface area contributed by atoms with Crippen LogP contribution in [0.1, 0.15) is 226 Å². The van der Waals surface area contributed by atoms with Gasteiger partial charge in [-0.1, -0.05) is 187 Å². The van der Waals surface area contributed by atoms with Gasteiger partial charge in [-0.3, -0.25) is 9.59 Å². The first-order valence-electron chi connectivity index (χ1n) is 21.2. The fraction of sp³-hybridized carbons (Fsp3) is 0.907. The van der Waals surface area contributed by atoms with Crippen LogP contribution >= 0.6 is 0 Å². The quantitative estimate of drug-likeness (QED) is 0.0368. The van der Waals surface area contributed by atoms with Crippen LogP contribution in [0.25, 0.3) is 0 Å². The molecule has 1 unspecified atom stereocenters. The van der Waals surface area contributed by atoms with Crippen LogP contribution < -0.4 is 0 Å². The van der Waals surface area contributed by atoms with E-state index in [0.717, 1.165) is 38.5 Å². The minimum atomic E-state index is -0.525. The molecule has 5 nitrogen and oxygen atoms in total. The highest BCUT2D eigenvalue weighted by atomic mass is 16.6. The van der Waals surface area contributed by atoms with Gasteiger partial charge in [0.25, 0.3) is 0 Å². The highest BCUT2D eigenvalue weighted by Crippen LogP contribution is 2.14. The van der Waals surface area contributed by atoms with Crippen molar-refractivity contribution in [3.8, 4) is 0 Å². The Balaban J connectivity index is 4.20. The monoisotopic (exact) mass is 679 g/mol. The molecule has 284 valence electrons. The van der Waals surface area contributed by atoms with E-state index in [2.05, 4.69) is 32.9 Å². The third-order valence-electron chi connectivity index (χ3n) is 9.30. The molecule has 0 rings (SSSR count). The van der Waals surface area contributed by atoms with Gasteiger partial charge in [0.1, 0.15) is 6.61 Å². The van der Waals surface area contributed by atoms with Gasteiger partial charge < -0.3 is 14.2 Å². The summed E-state index contributed by atoms with van der Waals surface area (Å²) in [6.07, 6.45) is 42.0. The summed E-state index contributed by atoms with van der Waals surface area (Å²) in [6, 6.07) is 0. The van der Waals surface area contributed by atoms with E-state index in [1.165, 1.54) is 154 Å². The van der Waals surface area contributed by atoms with Gasteiger partial charge in [-0.2, -0.15) is 0 Å². The van der Waals surface area contributed by atoms with Crippen LogP contribution in [0.3, 0.4) is 0 Å². The van der Waals surface area contributed by atoms with Crippen molar-refractivity contribution in [3.05, 3.63) is 12.2 Å². The largest absolute Gasteiger partial charge is 0.462 e. The maximum atomic E-state index is 12.6. The number of ether oxygens (including phenoxy) is 3. The second-order valence-electron chi connectivity index (χ2n) is 14.3. The van der Waals surface area contributed by atoms with Crippen molar-refractivity contribution in [2.75, 3.05) is 19.8 Å². The Morgan fingerprint density at radius 1 is 0.438 bits per heavy atom. The SMILES string of the molecule is CCCC/C=C\CCCCCCCCOCC(COC(=O)CCCCCCCCCCCCC)OC(=O)CCCCCCCCCCC. The maximum Gasteiger partial charge on any atom is 0.306 e. The van der Waals surface area contributed by atoms with E-state index in [0.29, 0.717) is 26.1 Å². The average molecular weight is 679 g/mol. The van der Waals surface area contributed by atoms with Crippen molar-refractivity contribution in [1.29, 1.82) is 0 Å². The van der Waals surface area contributed by atoms with Gasteiger partial charge in [0, 0.05) is 19.4 Å². The summed E-state index contributed by atoms with van der Waals surface area (Å²) in [4.78, 5) is 25.1. The van der Waals surface area contributed by atoms with E-state index >= 15 is 0 Å². The lowest BCUT2D eigenvalue weighted by Gasteiger charge is -2.18. The van der Waals surface area contributed by atoms with Crippen LogP contribution in [0.2, 0.25) is 0 Å². The third-order valence-corrected chi connectivity index (χ3v) is 9.30. The zero-order valence-electron chi connectivity index (χ0n) is 32.5. The number of allylic oxidation sites excluding steroid dienone is 2. The molecule has 0 aliphatic carbocycles. The van der Waals surface area contributed by atoms with Crippen LogP contribution in [0.15, 0.2) is 12.2 Å². The topological polar surface area (TPSA) is 61.8 Å². The Morgan fingerprint density at radius 2 is 0.833 bits per heavy atom. The zero-order chi connectivity index (χ0) is 35.0. The molecule has 0 spiro atoms. The molecule has 1 atom stereocenters. The van der Waals surface area contributed by atoms with Crippen molar-refractivity contribution >= 4 is 11.9 Å². The molecule has 5 heteroatoms. The summed E-state index contributed by atoms with van der Waals surface area (Å²) >= 11 is 0. The molecule has 0 heterocycles. The van der Waals surface area contributed by atoms with Crippen LogP contribution in [0.5, 0.6) is 0 Å². The summed E-state index contributed by atoms with van der Waals surface area (Å²) in [5.74, 6) is -0.393. The molecule has 0 amide bonds. The summed E-state index contributed by atoms with van der Waals surface area (Å²) in [5, 5.41) is 0. The number of hydrogen-bond acceptors (Lipinski definition) is 5. The minimum absolute atomic E-state index is 0.0905. The first kappa shape index (κ1) is 46.6. The predicted octanol–water partition coefficient (Wildman–Crippen LogP) is 13.6. The fourth-order valence-electron chi connectivity index (χ4n) is 6.08. The predicted molar refractivity (Wildman–Crippen MR) is 206 cm³/mol. The van der Waals surface area contributed by atoms with Crippen LogP contribution in [-0.4, -0.2) is 37.9 Å². The molecule has 0 aliphatic heterocycles. The second-order valence-corrected chi connectivity index (χ2v) is 14.3. The average Bonchev–Trinajstić information content (AvgIpc) is 3.08. The fourth-order valence-corrected chi connectivity index (χ4v) is 6.08. The Morgan fingerprint density at radius 3 is 1.33 bits per heavy atom. The Kier molecular flexibility index (Phi) is 38.9. The maximum absolute atomic E-state index is 12.6. The highest BCUT2D eigenvalue weighted by Gasteiger charge is 2.17. The molecule has 0 aliphatic rings. The van der Waals surface area contributed by atoms with E-state index in [4.69, 9.17) is 14.2 Å². The van der Waals surface area contributed by atoms with E-state index in [9.17, 15) is 9.59 Å². The molecule has 0 aromatic rings. The Bertz CT molecular complexity index is 691. The van der Waals surface area contributed by atoms with Crippen molar-refractivity contribution < 1.29 is 23.8 Å². The Labute approximate surface area is 299 Å². The van der Waals surface area contributed by atoms with Gasteiger partial charge in [-0.25, -0.2) is 0 Å². The lowest BCUT2D eigenvalue weighted by Crippen LogP contribution is -2.30. The van der Waals surface area contributed by atoms with Crippen molar-refractivity contribution in [1.82, 2.24) is 0 Å². The van der Waals surface area contributed by atoms with Gasteiger partial charge in [0.05, 0.1) is 6.61 Å². The lowest BCUT2D eigenvalue weighted by molar-refractivity contribution is -0.163. The molecule has 0 saturated carbocycles. The number of carbonyl (C=O) groups excluding carboxylic acids is 2. The number of carbonyl (C=O) groups is 2. The summed E-state index contributed by atoms with van der Waals surface area (Å²) in [5.41, 5.74) is 0. The van der Waals surface area contributed by atoms with Gasteiger partial charge in [-0.05, 0) is 38.5 Å². The number of unbranched alkanes of at least 4 members (excludes halogenated alkanes) is 26. The van der Waals surface area contributed by atoms with Gasteiger partial charge in [-0.15, -0.1) is 0 Å². The molecular formula is C43H82O5. The van der Waals surface area contributed by atoms with E-state index < -0.39 is 6.10 Å². The molecule has 0 fully saturated rings. The van der Waals surface area contributed by atoms with E-state index in [1.807, 2.05) is 0 Å². The van der Waals surface area contributed by atoms with Gasteiger partial charge >= 0.3 is 11.9 Å². The zero-order valence-corrected chi connectivity index (χ0v) is 32.5. The Hall–Kier alpha value is -1.36. The smallest absolute Gasteiger partial charge is 0.306 e. The highest BCUT2D eigenvalue weighted by molar-refractivity contribution is 5.70. The van der Waals surface area contributed by atoms with Crippen molar-refractivity contribution in [2.24, 2.45) is 0 Å². The third kappa shape index (κ3) is 37.5. The summed E-state index contributed by atoms with van der Waals surface area (Å²) < 4.78 is 17.2. The van der Waals surface area contributed by atoms with E-state index in [-0.39, 0.29) is 18.5 Å². The molecule has 0 aromatic heterocycles. The van der Waals surface area contributed by atoms with Crippen LogP contribution in [0.4, 0.5) is 0 Å². The first-order valence-corrected chi connectivity index (χ1v) is 21.2. The molecule has 0 radical (unpaired) electrons. The second kappa shape index (κ2) is 40.1. The van der Waals surface area contributed by atoms with Gasteiger partial charge in [0.15, 0.2) is 6.10 Å².